The maximum absolute atomic E-state index is 14.0. The highest BCUT2D eigenvalue weighted by atomic mass is 16.6. The van der Waals surface area contributed by atoms with E-state index < -0.39 is 12.2 Å². The highest BCUT2D eigenvalue weighted by molar-refractivity contribution is 6.41. The second kappa shape index (κ2) is 15.2. The number of para-hydroxylation sites is 1. The van der Waals surface area contributed by atoms with Crippen molar-refractivity contribution in [3.8, 4) is 5.75 Å². The molecule has 13 heteroatoms. The van der Waals surface area contributed by atoms with Crippen molar-refractivity contribution in [2.75, 3.05) is 57.7 Å². The number of nitrogens with one attached hydrogen (secondary N) is 1. The normalized spacial score (nSPS) is 20.9. The van der Waals surface area contributed by atoms with Gasteiger partial charge in [0.2, 0.25) is 0 Å². The molecule has 2 aromatic rings. The number of urea groups is 1. The number of amides is 4. The van der Waals surface area contributed by atoms with Crippen LogP contribution in [-0.2, 0) is 22.4 Å². The number of anilines is 1. The van der Waals surface area contributed by atoms with E-state index in [2.05, 4.69) is 10.2 Å². The number of aliphatic hydroxyl groups excluding tert-OH is 1. The zero-order valence-electron chi connectivity index (χ0n) is 27.6. The summed E-state index contributed by atoms with van der Waals surface area (Å²) in [5.41, 5.74) is 2.72. The molecule has 4 aliphatic heterocycles. The van der Waals surface area contributed by atoms with Crippen LogP contribution in [0.1, 0.15) is 49.7 Å². The number of nitrogens with zero attached hydrogens (tertiary/aromatic N) is 4. The number of likely N-dealkylation sites (tertiary alicyclic amines) is 3. The zero-order chi connectivity index (χ0) is 33.8. The van der Waals surface area contributed by atoms with Crippen molar-refractivity contribution in [2.45, 2.75) is 69.6 Å². The van der Waals surface area contributed by atoms with Gasteiger partial charge in [0.1, 0.15) is 21.4 Å². The van der Waals surface area contributed by atoms with Crippen molar-refractivity contribution in [1.82, 2.24) is 19.6 Å². The number of rotatable bonds is 7. The maximum atomic E-state index is 14.0. The van der Waals surface area contributed by atoms with Crippen LogP contribution < -0.4 is 16.2 Å². The van der Waals surface area contributed by atoms with E-state index in [1.165, 1.54) is 0 Å². The monoisotopic (exact) mass is 653 g/mol. The molecule has 3 N–H and O–H groups in total. The number of hydrogen-bond donors (Lipinski definition) is 3. The molecular formula is C35H45B2N5O6. The van der Waals surface area contributed by atoms with E-state index in [9.17, 15) is 24.6 Å². The van der Waals surface area contributed by atoms with Gasteiger partial charge in [-0.15, -0.1) is 0 Å². The Bertz CT molecular complexity index is 1450. The zero-order valence-corrected chi connectivity index (χ0v) is 27.6. The number of phenols is 1. The Balaban J connectivity index is 1.07. The molecule has 0 aromatic heterocycles. The quantitative estimate of drug-likeness (QED) is 0.385. The molecule has 4 heterocycles. The molecule has 4 radical (unpaired) electrons. The third kappa shape index (κ3) is 7.78. The van der Waals surface area contributed by atoms with Crippen LogP contribution in [0.3, 0.4) is 0 Å². The van der Waals surface area contributed by atoms with Crippen LogP contribution in [0.25, 0.3) is 0 Å². The van der Waals surface area contributed by atoms with Crippen molar-refractivity contribution in [3.63, 3.8) is 0 Å². The molecule has 4 aliphatic rings. The van der Waals surface area contributed by atoms with Gasteiger partial charge in [-0.05, 0) is 81.1 Å². The fourth-order valence-electron chi connectivity index (χ4n) is 7.71. The second-order valence-corrected chi connectivity index (χ2v) is 13.7. The molecule has 3 fully saturated rings. The van der Waals surface area contributed by atoms with Crippen LogP contribution in [0.15, 0.2) is 36.4 Å². The number of benzene rings is 2. The van der Waals surface area contributed by atoms with Gasteiger partial charge in [0.25, 0.3) is 5.91 Å². The standard InChI is InChI=1S/C35H45B2N5O6/c36-28-19-24(20-29(37)32(28)44)21-31(33(45)40-14-8-26(9-15-40)39-12-5-23(22-43)6-13-39)48-35(47)41-16-10-27(11-17-41)42-18-7-25-3-1-2-4-30(25)38-34(42)46/h1-4,19-20,23,26-27,31,43-44H,5-18,21-22H2,(H,38,46)/t31-/m1/s1. The highest BCUT2D eigenvalue weighted by Crippen LogP contribution is 2.27. The predicted octanol–water partition coefficient (Wildman–Crippen LogP) is 1.28. The lowest BCUT2D eigenvalue weighted by atomic mass is 9.83. The lowest BCUT2D eigenvalue weighted by Gasteiger charge is -2.42. The molecule has 0 aliphatic carbocycles. The summed E-state index contributed by atoms with van der Waals surface area (Å²) in [4.78, 5) is 48.3. The van der Waals surface area contributed by atoms with Gasteiger partial charge in [0.15, 0.2) is 6.10 Å². The Kier molecular flexibility index (Phi) is 10.9. The first-order chi connectivity index (χ1) is 23.2. The molecule has 11 nitrogen and oxygen atoms in total. The summed E-state index contributed by atoms with van der Waals surface area (Å²) in [6.07, 6.45) is 4.01. The third-order valence-electron chi connectivity index (χ3n) is 10.7. The van der Waals surface area contributed by atoms with Crippen LogP contribution in [0.4, 0.5) is 15.3 Å². The largest absolute Gasteiger partial charge is 0.509 e. The Morgan fingerprint density at radius 2 is 1.50 bits per heavy atom. The van der Waals surface area contributed by atoms with E-state index in [4.69, 9.17) is 20.4 Å². The molecule has 252 valence electrons. The number of fused-ring (bicyclic) bond motifs is 1. The van der Waals surface area contributed by atoms with Crippen molar-refractivity contribution < 1.29 is 29.3 Å². The summed E-state index contributed by atoms with van der Waals surface area (Å²) in [5, 5.41) is 22.6. The first kappa shape index (κ1) is 34.2. The Morgan fingerprint density at radius 1 is 0.875 bits per heavy atom. The van der Waals surface area contributed by atoms with Crippen LogP contribution in [0.2, 0.25) is 0 Å². The summed E-state index contributed by atoms with van der Waals surface area (Å²) < 4.78 is 5.98. The minimum atomic E-state index is -1.09. The van der Waals surface area contributed by atoms with Crippen LogP contribution in [0, 0.1) is 5.92 Å². The third-order valence-corrected chi connectivity index (χ3v) is 10.7. The number of carbonyl (C=O) groups excluding carboxylic acids is 3. The number of aromatic hydroxyl groups is 1. The van der Waals surface area contributed by atoms with Crippen molar-refractivity contribution in [1.29, 1.82) is 0 Å². The van der Waals surface area contributed by atoms with Gasteiger partial charge >= 0.3 is 12.1 Å². The van der Waals surface area contributed by atoms with Gasteiger partial charge in [0.05, 0.1) is 0 Å². The smallest absolute Gasteiger partial charge is 0.410 e. The number of ether oxygens (including phenoxy) is 1. The first-order valence-corrected chi connectivity index (χ1v) is 17.3. The van der Waals surface area contributed by atoms with Gasteiger partial charge in [0, 0.05) is 63.5 Å². The van der Waals surface area contributed by atoms with E-state index in [0.29, 0.717) is 63.1 Å². The molecule has 6 rings (SSSR count). The molecule has 3 saturated heterocycles. The number of carbonyl (C=O) groups is 3. The van der Waals surface area contributed by atoms with E-state index in [-0.39, 0.29) is 47.7 Å². The molecule has 0 saturated carbocycles. The SMILES string of the molecule is [B]c1cc(C[C@@H](OC(=O)N2CCC(N3CCc4ccccc4NC3=O)CC2)C(=O)N2CCC(N3CCC(CO)CC3)CC2)cc([B])c1O. The molecule has 0 spiro atoms. The maximum Gasteiger partial charge on any atom is 0.410 e. The topological polar surface area (TPSA) is 126 Å². The minimum Gasteiger partial charge on any atom is -0.509 e. The first-order valence-electron chi connectivity index (χ1n) is 17.3. The summed E-state index contributed by atoms with van der Waals surface area (Å²) >= 11 is 0. The molecule has 1 atom stereocenters. The van der Waals surface area contributed by atoms with E-state index in [1.54, 1.807) is 21.9 Å². The summed E-state index contributed by atoms with van der Waals surface area (Å²) in [7, 11) is 11.9. The molecule has 0 unspecified atom stereocenters. The number of phenolic OH excluding ortho intramolecular Hbond substituents is 1. The van der Waals surface area contributed by atoms with Gasteiger partial charge in [-0.25, -0.2) is 9.59 Å². The van der Waals surface area contributed by atoms with Gasteiger partial charge in [-0.1, -0.05) is 41.3 Å². The molecule has 0 bridgehead atoms. The molecular weight excluding hydrogens is 608 g/mol. The lowest BCUT2D eigenvalue weighted by molar-refractivity contribution is -0.142. The van der Waals surface area contributed by atoms with Gasteiger partial charge in [-0.3, -0.25) is 4.79 Å². The Hall–Kier alpha value is -3.70. The van der Waals surface area contributed by atoms with Crippen LogP contribution in [0.5, 0.6) is 5.75 Å². The van der Waals surface area contributed by atoms with Crippen LogP contribution in [-0.4, -0.2) is 134 Å². The predicted molar refractivity (Wildman–Crippen MR) is 184 cm³/mol. The fourth-order valence-corrected chi connectivity index (χ4v) is 7.71. The minimum absolute atomic E-state index is 0.0144. The Labute approximate surface area is 285 Å². The Morgan fingerprint density at radius 3 is 2.17 bits per heavy atom. The summed E-state index contributed by atoms with van der Waals surface area (Å²) in [6.45, 7) is 4.68. The molecule has 48 heavy (non-hydrogen) atoms. The lowest BCUT2D eigenvalue weighted by Crippen LogP contribution is -2.53. The average molecular weight is 653 g/mol. The van der Waals surface area contributed by atoms with E-state index in [1.807, 2.05) is 29.2 Å². The van der Waals surface area contributed by atoms with Gasteiger partial charge in [-0.2, -0.15) is 0 Å². The van der Waals surface area contributed by atoms with Crippen molar-refractivity contribution >= 4 is 50.3 Å². The highest BCUT2D eigenvalue weighted by Gasteiger charge is 2.36. The van der Waals surface area contributed by atoms with Crippen molar-refractivity contribution in [3.05, 3.63) is 47.5 Å². The van der Waals surface area contributed by atoms with E-state index >= 15 is 0 Å². The summed E-state index contributed by atoms with van der Waals surface area (Å²) in [6, 6.07) is 11.2. The number of hydrogen-bond acceptors (Lipinski definition) is 7. The number of aliphatic hydroxyl groups is 1. The number of piperidine rings is 3. The average Bonchev–Trinajstić information content (AvgIpc) is 3.28. The van der Waals surface area contributed by atoms with Crippen LogP contribution >= 0.6 is 0 Å². The molecule has 4 amide bonds. The second-order valence-electron chi connectivity index (χ2n) is 13.7. The van der Waals surface area contributed by atoms with E-state index in [0.717, 1.165) is 56.4 Å². The fraction of sp³-hybridized carbons (Fsp3) is 0.571. The summed E-state index contributed by atoms with van der Waals surface area (Å²) in [5.74, 6) is -0.103. The molecule has 2 aromatic carbocycles. The van der Waals surface area contributed by atoms with Crippen molar-refractivity contribution in [2.24, 2.45) is 5.92 Å². The van der Waals surface area contributed by atoms with Gasteiger partial charge < -0.3 is 39.9 Å².